The summed E-state index contributed by atoms with van der Waals surface area (Å²) in [7, 11) is 0. The second kappa shape index (κ2) is 5.69. The van der Waals surface area contributed by atoms with E-state index in [0.717, 1.165) is 12.8 Å². The van der Waals surface area contributed by atoms with Crippen molar-refractivity contribution in [2.45, 2.75) is 25.3 Å². The fourth-order valence-electron chi connectivity index (χ4n) is 2.14. The van der Waals surface area contributed by atoms with Gasteiger partial charge in [-0.05, 0) is 25.0 Å². The molecule has 1 atom stereocenters. The maximum Gasteiger partial charge on any atom is 0.269 e. The third kappa shape index (κ3) is 2.93. The molecule has 0 saturated heterocycles. The van der Waals surface area contributed by atoms with Gasteiger partial charge in [-0.3, -0.25) is 14.9 Å². The van der Waals surface area contributed by atoms with E-state index in [9.17, 15) is 14.9 Å². The fourth-order valence-corrected chi connectivity index (χ4v) is 2.14. The lowest BCUT2D eigenvalue weighted by molar-refractivity contribution is -0.384. The Hall–Kier alpha value is -2.43. The topological polar surface area (TPSA) is 72.2 Å². The van der Waals surface area contributed by atoms with Gasteiger partial charge in [0.15, 0.2) is 0 Å². The highest BCUT2D eigenvalue weighted by atomic mass is 16.6. The van der Waals surface area contributed by atoms with Crippen molar-refractivity contribution in [3.63, 3.8) is 0 Å². The quantitative estimate of drug-likeness (QED) is 0.676. The van der Waals surface area contributed by atoms with E-state index < -0.39 is 4.92 Å². The van der Waals surface area contributed by atoms with Crippen LogP contribution in [0.25, 0.3) is 0 Å². The van der Waals surface area contributed by atoms with Crippen LogP contribution >= 0.6 is 0 Å². The van der Waals surface area contributed by atoms with E-state index in [0.29, 0.717) is 5.56 Å². The summed E-state index contributed by atoms with van der Waals surface area (Å²) in [5, 5.41) is 13.6. The maximum absolute atomic E-state index is 12.2. The van der Waals surface area contributed by atoms with Crippen molar-refractivity contribution >= 4 is 11.6 Å². The summed E-state index contributed by atoms with van der Waals surface area (Å²) in [6.07, 6.45) is 9.40. The average Bonchev–Trinajstić information content (AvgIpc) is 2.48. The molecule has 5 nitrogen and oxygen atoms in total. The molecule has 1 unspecified atom stereocenters. The van der Waals surface area contributed by atoms with E-state index in [1.807, 2.05) is 31.2 Å². The lowest BCUT2D eigenvalue weighted by atomic mass is 9.88. The summed E-state index contributed by atoms with van der Waals surface area (Å²) in [5.74, 6) is -0.221. The van der Waals surface area contributed by atoms with Gasteiger partial charge in [0.2, 0.25) is 0 Å². The van der Waals surface area contributed by atoms with Gasteiger partial charge in [-0.2, -0.15) is 0 Å². The predicted octanol–water partition coefficient (Wildman–Crippen LogP) is 2.99. The Labute approximate surface area is 117 Å². The number of nitro benzene ring substituents is 1. The van der Waals surface area contributed by atoms with Crippen LogP contribution in [0.15, 0.2) is 48.6 Å². The van der Waals surface area contributed by atoms with Crippen molar-refractivity contribution in [3.05, 3.63) is 64.2 Å². The van der Waals surface area contributed by atoms with Crippen molar-refractivity contribution in [3.8, 4) is 0 Å². The second-order valence-corrected chi connectivity index (χ2v) is 4.76. The first-order valence-corrected chi connectivity index (χ1v) is 6.48. The van der Waals surface area contributed by atoms with E-state index in [1.165, 1.54) is 24.3 Å². The van der Waals surface area contributed by atoms with Crippen molar-refractivity contribution in [1.82, 2.24) is 5.32 Å². The number of nitro groups is 1. The molecule has 0 bridgehead atoms. The fraction of sp³-hybridized carbons (Fsp3) is 0.267. The Kier molecular flexibility index (Phi) is 3.98. The van der Waals surface area contributed by atoms with Gasteiger partial charge < -0.3 is 5.32 Å². The molecule has 0 aliphatic heterocycles. The summed E-state index contributed by atoms with van der Waals surface area (Å²) in [6, 6.07) is 5.62. The van der Waals surface area contributed by atoms with Gasteiger partial charge in [0.25, 0.3) is 11.6 Å². The van der Waals surface area contributed by atoms with E-state index in [1.54, 1.807) is 0 Å². The summed E-state index contributed by atoms with van der Waals surface area (Å²) < 4.78 is 0. The van der Waals surface area contributed by atoms with Crippen LogP contribution in [0.1, 0.15) is 30.1 Å². The molecule has 1 aliphatic rings. The summed E-state index contributed by atoms with van der Waals surface area (Å²) in [5.41, 5.74) is 0.0341. The van der Waals surface area contributed by atoms with Gasteiger partial charge in [0.05, 0.1) is 10.5 Å². The number of non-ortho nitro benzene ring substituents is 1. The number of benzene rings is 1. The molecule has 1 aliphatic carbocycles. The molecule has 1 aromatic rings. The van der Waals surface area contributed by atoms with Crippen molar-refractivity contribution < 1.29 is 9.72 Å². The van der Waals surface area contributed by atoms with Crippen LogP contribution in [0.3, 0.4) is 0 Å². The lowest BCUT2D eigenvalue weighted by Crippen LogP contribution is -2.46. The number of carbonyl (C=O) groups is 1. The largest absolute Gasteiger partial charge is 0.343 e. The van der Waals surface area contributed by atoms with Crippen LogP contribution in [0.5, 0.6) is 0 Å². The van der Waals surface area contributed by atoms with E-state index in [4.69, 9.17) is 0 Å². The third-order valence-corrected chi connectivity index (χ3v) is 3.48. The van der Waals surface area contributed by atoms with E-state index in [2.05, 4.69) is 5.32 Å². The minimum absolute atomic E-state index is 0.0211. The Morgan fingerprint density at radius 2 is 2.05 bits per heavy atom. The smallest absolute Gasteiger partial charge is 0.269 e. The number of nitrogens with zero attached hydrogens (tertiary/aromatic N) is 1. The first kappa shape index (κ1) is 14.0. The van der Waals surface area contributed by atoms with E-state index in [-0.39, 0.29) is 17.1 Å². The first-order chi connectivity index (χ1) is 9.56. The highest BCUT2D eigenvalue weighted by Crippen LogP contribution is 2.22. The van der Waals surface area contributed by atoms with Gasteiger partial charge in [-0.25, -0.2) is 0 Å². The Balaban J connectivity index is 2.13. The molecule has 1 N–H and O–H groups in total. The highest BCUT2D eigenvalue weighted by Gasteiger charge is 2.27. The molecular formula is C15H16N2O3. The standard InChI is InChI=1S/C15H16N2O3/c1-2-15(10-4-3-5-11-15)16-14(18)12-6-8-13(9-7-12)17(19)20/h3-10H,2,11H2,1H3,(H,16,18). The third-order valence-electron chi connectivity index (χ3n) is 3.48. The Bertz CT molecular complexity index is 575. The number of rotatable bonds is 4. The van der Waals surface area contributed by atoms with Crippen LogP contribution in [-0.2, 0) is 0 Å². The highest BCUT2D eigenvalue weighted by molar-refractivity contribution is 5.95. The van der Waals surface area contributed by atoms with E-state index >= 15 is 0 Å². The molecule has 20 heavy (non-hydrogen) atoms. The monoisotopic (exact) mass is 272 g/mol. The molecule has 1 amide bonds. The molecule has 0 fully saturated rings. The zero-order valence-corrected chi connectivity index (χ0v) is 11.2. The van der Waals surface area contributed by atoms with Gasteiger partial charge in [-0.15, -0.1) is 0 Å². The molecule has 1 aromatic carbocycles. The molecule has 0 saturated carbocycles. The maximum atomic E-state index is 12.2. The van der Waals surface area contributed by atoms with Crippen molar-refractivity contribution in [1.29, 1.82) is 0 Å². The van der Waals surface area contributed by atoms with Crippen LogP contribution in [-0.4, -0.2) is 16.4 Å². The zero-order chi connectivity index (χ0) is 14.6. The van der Waals surface area contributed by atoms with Crippen LogP contribution < -0.4 is 5.32 Å². The summed E-state index contributed by atoms with van der Waals surface area (Å²) in [6.45, 7) is 2.01. The van der Waals surface area contributed by atoms with Crippen molar-refractivity contribution in [2.24, 2.45) is 0 Å². The summed E-state index contributed by atoms with van der Waals surface area (Å²) in [4.78, 5) is 22.3. The zero-order valence-electron chi connectivity index (χ0n) is 11.2. The minimum atomic E-state index is -0.482. The SMILES string of the molecule is CCC1(NC(=O)c2ccc([N+](=O)[O-])cc2)C=CC=CC1. The molecular weight excluding hydrogens is 256 g/mol. The Morgan fingerprint density at radius 1 is 1.35 bits per heavy atom. The average molecular weight is 272 g/mol. The molecule has 0 spiro atoms. The summed E-state index contributed by atoms with van der Waals surface area (Å²) >= 11 is 0. The van der Waals surface area contributed by atoms with Crippen LogP contribution in [0, 0.1) is 10.1 Å². The normalized spacial score (nSPS) is 20.6. The minimum Gasteiger partial charge on any atom is -0.343 e. The van der Waals surface area contributed by atoms with Gasteiger partial charge in [0, 0.05) is 17.7 Å². The number of nitrogens with one attached hydrogen (secondary N) is 1. The molecule has 0 aromatic heterocycles. The van der Waals surface area contributed by atoms with Gasteiger partial charge in [0.1, 0.15) is 0 Å². The van der Waals surface area contributed by atoms with Gasteiger partial charge >= 0.3 is 0 Å². The molecule has 104 valence electrons. The number of allylic oxidation sites excluding steroid dienone is 2. The second-order valence-electron chi connectivity index (χ2n) is 4.76. The van der Waals surface area contributed by atoms with Crippen LogP contribution in [0.4, 0.5) is 5.69 Å². The number of amides is 1. The predicted molar refractivity (Wildman–Crippen MR) is 76.5 cm³/mol. The van der Waals surface area contributed by atoms with Gasteiger partial charge in [-0.1, -0.05) is 31.2 Å². The number of hydrogen-bond acceptors (Lipinski definition) is 3. The Morgan fingerprint density at radius 3 is 2.55 bits per heavy atom. The lowest BCUT2D eigenvalue weighted by Gasteiger charge is -2.31. The molecule has 0 heterocycles. The van der Waals surface area contributed by atoms with Crippen molar-refractivity contribution in [2.75, 3.05) is 0 Å². The molecule has 5 heteroatoms. The molecule has 0 radical (unpaired) electrons. The van der Waals surface area contributed by atoms with Crippen LogP contribution in [0.2, 0.25) is 0 Å². The number of hydrogen-bond donors (Lipinski definition) is 1. The first-order valence-electron chi connectivity index (χ1n) is 6.48. The molecule has 2 rings (SSSR count). The number of carbonyl (C=O) groups excluding carboxylic acids is 1.